The smallest absolute Gasteiger partial charge is 0.262 e. The highest BCUT2D eigenvalue weighted by Crippen LogP contribution is 2.50. The van der Waals surface area contributed by atoms with Crippen molar-refractivity contribution < 1.29 is 33.3 Å². The van der Waals surface area contributed by atoms with Gasteiger partial charge in [0.1, 0.15) is 17.3 Å². The van der Waals surface area contributed by atoms with Crippen molar-refractivity contribution in [1.29, 1.82) is 0 Å². The van der Waals surface area contributed by atoms with Crippen LogP contribution in [0.4, 0.5) is 5.69 Å². The lowest BCUT2D eigenvalue weighted by Crippen LogP contribution is -2.30. The lowest BCUT2D eigenvalue weighted by atomic mass is 9.73. The second-order valence-corrected chi connectivity index (χ2v) is 9.74. The van der Waals surface area contributed by atoms with Gasteiger partial charge in [0.2, 0.25) is 0 Å². The van der Waals surface area contributed by atoms with Crippen molar-refractivity contribution >= 4 is 34.8 Å². The average molecular weight is 538 g/mol. The summed E-state index contributed by atoms with van der Waals surface area (Å²) in [5.41, 5.74) is 2.20. The van der Waals surface area contributed by atoms with Crippen molar-refractivity contribution in [3.8, 4) is 17.2 Å². The van der Waals surface area contributed by atoms with Crippen LogP contribution in [0.5, 0.6) is 17.2 Å². The molecule has 38 heavy (non-hydrogen) atoms. The van der Waals surface area contributed by atoms with Gasteiger partial charge in [0, 0.05) is 42.7 Å². The molecule has 1 N–H and O–H groups in total. The summed E-state index contributed by atoms with van der Waals surface area (Å²) in [5.74, 6) is 1.25. The van der Waals surface area contributed by atoms with Gasteiger partial charge in [0.25, 0.3) is 5.91 Å². The number of anilines is 1. The predicted molar refractivity (Wildman–Crippen MR) is 141 cm³/mol. The summed E-state index contributed by atoms with van der Waals surface area (Å²) < 4.78 is 22.7. The number of para-hydroxylation sites is 2. The second-order valence-electron chi connectivity index (χ2n) is 9.33. The molecule has 0 saturated heterocycles. The van der Waals surface area contributed by atoms with E-state index in [1.807, 2.05) is 0 Å². The van der Waals surface area contributed by atoms with E-state index in [2.05, 4.69) is 5.32 Å². The van der Waals surface area contributed by atoms with Crippen LogP contribution >= 0.6 is 11.6 Å². The van der Waals surface area contributed by atoms with E-state index in [1.54, 1.807) is 36.4 Å². The molecular weight excluding hydrogens is 510 g/mol. The fourth-order valence-corrected chi connectivity index (χ4v) is 5.54. The van der Waals surface area contributed by atoms with Crippen LogP contribution in [0.25, 0.3) is 0 Å². The van der Waals surface area contributed by atoms with Crippen LogP contribution in [-0.2, 0) is 19.1 Å². The maximum Gasteiger partial charge on any atom is 0.262 e. The number of benzene rings is 2. The Hall–Kier alpha value is -3.78. The standard InChI is InChI=1S/C29H28ClNO7/c1-35-21-10-4-3-7-18(21)31-25(34)15-37-29-17(30)13-16(14-24(29)36-2)26-27-19(32)8-5-11-22(27)38-23-12-6-9-20(33)28(23)26/h3-4,7,10,13-14,26H,5-6,8-9,11-12,15H2,1-2H3,(H,31,34). The van der Waals surface area contributed by atoms with Gasteiger partial charge in [-0.3, -0.25) is 14.4 Å². The van der Waals surface area contributed by atoms with E-state index >= 15 is 0 Å². The Labute approximate surface area is 225 Å². The van der Waals surface area contributed by atoms with Crippen LogP contribution in [0.2, 0.25) is 5.02 Å². The largest absolute Gasteiger partial charge is 0.495 e. The average Bonchev–Trinajstić information content (AvgIpc) is 2.91. The third-order valence-corrected chi connectivity index (χ3v) is 7.24. The fraction of sp³-hybridized carbons (Fsp3) is 0.345. The molecule has 0 saturated carbocycles. The van der Waals surface area contributed by atoms with E-state index < -0.39 is 11.8 Å². The monoisotopic (exact) mass is 537 g/mol. The number of methoxy groups -OCH3 is 2. The number of halogens is 1. The number of allylic oxidation sites excluding steroid dienone is 4. The van der Waals surface area contributed by atoms with Gasteiger partial charge in [-0.05, 0) is 42.7 Å². The summed E-state index contributed by atoms with van der Waals surface area (Å²) >= 11 is 6.66. The zero-order chi connectivity index (χ0) is 26.8. The zero-order valence-electron chi connectivity index (χ0n) is 21.2. The second kappa shape index (κ2) is 10.9. The van der Waals surface area contributed by atoms with Gasteiger partial charge in [0.15, 0.2) is 29.7 Å². The Bertz CT molecular complexity index is 1330. The Morgan fingerprint density at radius 1 is 0.947 bits per heavy atom. The molecule has 8 nitrogen and oxygen atoms in total. The van der Waals surface area contributed by atoms with Gasteiger partial charge in [-0.25, -0.2) is 0 Å². The molecule has 9 heteroatoms. The minimum atomic E-state index is -0.580. The van der Waals surface area contributed by atoms with Gasteiger partial charge in [-0.15, -0.1) is 0 Å². The number of amides is 1. The van der Waals surface area contributed by atoms with Crippen molar-refractivity contribution in [3.63, 3.8) is 0 Å². The number of ketones is 2. The molecule has 1 aliphatic heterocycles. The summed E-state index contributed by atoms with van der Waals surface area (Å²) in [4.78, 5) is 38.7. The van der Waals surface area contributed by atoms with Crippen molar-refractivity contribution in [2.24, 2.45) is 0 Å². The molecule has 0 spiro atoms. The first-order valence-electron chi connectivity index (χ1n) is 12.5. The van der Waals surface area contributed by atoms with Crippen molar-refractivity contribution in [2.45, 2.75) is 44.4 Å². The van der Waals surface area contributed by atoms with Crippen LogP contribution in [0.15, 0.2) is 59.1 Å². The molecule has 2 aromatic rings. The van der Waals surface area contributed by atoms with E-state index in [9.17, 15) is 14.4 Å². The number of carbonyl (C=O) groups is 3. The fourth-order valence-electron chi connectivity index (χ4n) is 5.27. The normalized spacial score (nSPS) is 17.4. The van der Waals surface area contributed by atoms with Gasteiger partial charge >= 0.3 is 0 Å². The number of rotatable bonds is 7. The number of ether oxygens (including phenoxy) is 4. The molecule has 0 radical (unpaired) electrons. The third kappa shape index (κ3) is 4.88. The first-order chi connectivity index (χ1) is 18.4. The van der Waals surface area contributed by atoms with E-state index in [4.69, 9.17) is 30.5 Å². The summed E-state index contributed by atoms with van der Waals surface area (Å²) in [7, 11) is 2.99. The number of hydrogen-bond acceptors (Lipinski definition) is 7. The van der Waals surface area contributed by atoms with Gasteiger partial charge in [0.05, 0.1) is 24.9 Å². The van der Waals surface area contributed by atoms with Gasteiger partial charge in [-0.1, -0.05) is 23.7 Å². The molecule has 0 atom stereocenters. The highest BCUT2D eigenvalue weighted by molar-refractivity contribution is 6.32. The first kappa shape index (κ1) is 25.9. The minimum Gasteiger partial charge on any atom is -0.495 e. The number of Topliss-reactive ketones (excluding diaryl/α,β-unsaturated/α-hetero) is 2. The topological polar surface area (TPSA) is 100 Å². The van der Waals surface area contributed by atoms with Crippen LogP contribution in [0, 0.1) is 0 Å². The Kier molecular flexibility index (Phi) is 7.42. The molecule has 2 aromatic carbocycles. The van der Waals surface area contributed by atoms with E-state index in [-0.39, 0.29) is 28.9 Å². The summed E-state index contributed by atoms with van der Waals surface area (Å²) in [6.45, 7) is -0.327. The molecule has 5 rings (SSSR count). The molecule has 1 heterocycles. The highest BCUT2D eigenvalue weighted by Gasteiger charge is 2.42. The lowest BCUT2D eigenvalue weighted by molar-refractivity contribution is -0.119. The van der Waals surface area contributed by atoms with Crippen molar-refractivity contribution in [3.05, 3.63) is 69.6 Å². The SMILES string of the molecule is COc1ccccc1NC(=O)COc1c(Cl)cc(C2C3=C(CCCC3=O)OC3=C2C(=O)CCC3)cc1OC. The minimum absolute atomic E-state index is 0.0235. The quantitative estimate of drug-likeness (QED) is 0.497. The van der Waals surface area contributed by atoms with E-state index in [0.717, 1.165) is 0 Å². The Morgan fingerprint density at radius 3 is 2.21 bits per heavy atom. The molecule has 0 aromatic heterocycles. The maximum atomic E-state index is 13.1. The van der Waals surface area contributed by atoms with Crippen LogP contribution in [0.1, 0.15) is 50.0 Å². The molecule has 2 aliphatic carbocycles. The highest BCUT2D eigenvalue weighted by atomic mass is 35.5. The van der Waals surface area contributed by atoms with Crippen LogP contribution < -0.4 is 19.5 Å². The molecular formula is C29H28ClNO7. The zero-order valence-corrected chi connectivity index (χ0v) is 22.0. The lowest BCUT2D eigenvalue weighted by Gasteiger charge is -2.36. The van der Waals surface area contributed by atoms with E-state index in [0.29, 0.717) is 83.9 Å². The predicted octanol–water partition coefficient (Wildman–Crippen LogP) is 5.50. The first-order valence-corrected chi connectivity index (χ1v) is 12.9. The summed E-state index contributed by atoms with van der Waals surface area (Å²) in [6, 6.07) is 10.4. The number of carbonyl (C=O) groups excluding carboxylic acids is 3. The van der Waals surface area contributed by atoms with Crippen LogP contribution in [0.3, 0.4) is 0 Å². The Balaban J connectivity index is 1.45. The molecule has 0 bridgehead atoms. The van der Waals surface area contributed by atoms with Crippen LogP contribution in [-0.4, -0.2) is 38.3 Å². The van der Waals surface area contributed by atoms with Crippen molar-refractivity contribution in [1.82, 2.24) is 0 Å². The third-order valence-electron chi connectivity index (χ3n) is 6.95. The van der Waals surface area contributed by atoms with Gasteiger partial charge in [-0.2, -0.15) is 0 Å². The molecule has 0 unspecified atom stereocenters. The molecule has 198 valence electrons. The molecule has 1 amide bonds. The maximum absolute atomic E-state index is 13.1. The van der Waals surface area contributed by atoms with E-state index in [1.165, 1.54) is 14.2 Å². The van der Waals surface area contributed by atoms with Crippen molar-refractivity contribution in [2.75, 3.05) is 26.1 Å². The molecule has 3 aliphatic rings. The summed E-state index contributed by atoms with van der Waals surface area (Å²) in [6.07, 6.45) is 3.54. The molecule has 0 fully saturated rings. The summed E-state index contributed by atoms with van der Waals surface area (Å²) in [5, 5.41) is 2.95. The van der Waals surface area contributed by atoms with Gasteiger partial charge < -0.3 is 24.3 Å². The number of hydrogen-bond donors (Lipinski definition) is 1. The number of nitrogens with one attached hydrogen (secondary N) is 1. The Morgan fingerprint density at radius 2 is 1.58 bits per heavy atom.